The average Bonchev–Trinajstić information content (AvgIpc) is 3.90. The van der Waals surface area contributed by atoms with Crippen LogP contribution in [0.15, 0.2) is 212 Å². The minimum atomic E-state index is 0.459. The lowest BCUT2D eigenvalue weighted by Crippen LogP contribution is -2.05. The second-order valence-electron chi connectivity index (χ2n) is 15.8. The molecule has 0 aliphatic heterocycles. The minimum absolute atomic E-state index is 0.459. The van der Waals surface area contributed by atoms with Crippen LogP contribution in [0.5, 0.6) is 0 Å². The predicted molar refractivity (Wildman–Crippen MR) is 261 cm³/mol. The van der Waals surface area contributed by atoms with Crippen LogP contribution >= 0.6 is 11.3 Å². The van der Waals surface area contributed by atoms with Crippen molar-refractivity contribution >= 4 is 53.3 Å². The van der Waals surface area contributed by atoms with Gasteiger partial charge in [-0.15, -0.1) is 11.3 Å². The van der Waals surface area contributed by atoms with Crippen molar-refractivity contribution < 1.29 is 0 Å². The summed E-state index contributed by atoms with van der Waals surface area (Å²) in [5, 5.41) is 5.07. The highest BCUT2D eigenvalue weighted by molar-refractivity contribution is 7.26. The molecule has 0 bridgehead atoms. The third-order valence-corrected chi connectivity index (χ3v) is 13.0. The molecule has 0 aliphatic carbocycles. The molecule has 0 N–H and O–H groups in total. The van der Waals surface area contributed by atoms with Crippen LogP contribution in [0.1, 0.15) is 11.4 Å². The summed E-state index contributed by atoms with van der Waals surface area (Å²) < 4.78 is 4.87. The van der Waals surface area contributed by atoms with E-state index in [0.29, 0.717) is 23.9 Å². The van der Waals surface area contributed by atoms with Gasteiger partial charge in [0.15, 0.2) is 11.6 Å². The predicted octanol–water partition coefficient (Wildman–Crippen LogP) is 14.7. The first-order valence-electron chi connectivity index (χ1n) is 21.2. The molecule has 63 heavy (non-hydrogen) atoms. The molecule has 6 heteroatoms. The Kier molecular flexibility index (Phi) is 9.01. The Morgan fingerprint density at radius 1 is 0.397 bits per heavy atom. The smallest absolute Gasteiger partial charge is 0.163 e. The van der Waals surface area contributed by atoms with Crippen molar-refractivity contribution in [2.24, 2.45) is 0 Å². The SMILES string of the molecule is c1ccc(-c2cccc(-c3cnc(-c4ccc5c(c4)sc4ccc6c(c7ccccc7n6-c6ccccc6)c45)c(Cc4nc(-c5ccccc5)nc(-c5ccccc5)n4)c3)c2)cc1. The van der Waals surface area contributed by atoms with Crippen LogP contribution in [-0.2, 0) is 6.42 Å². The Balaban J connectivity index is 1.03. The quantitative estimate of drug-likeness (QED) is 0.153. The van der Waals surface area contributed by atoms with Crippen LogP contribution in [0.4, 0.5) is 0 Å². The number of benzene rings is 8. The first-order chi connectivity index (χ1) is 31.2. The van der Waals surface area contributed by atoms with Crippen molar-refractivity contribution in [3.8, 4) is 62.0 Å². The molecule has 0 unspecified atom stereocenters. The molecule has 0 spiro atoms. The molecule has 0 amide bonds. The van der Waals surface area contributed by atoms with E-state index >= 15 is 0 Å². The van der Waals surface area contributed by atoms with E-state index in [4.69, 9.17) is 19.9 Å². The van der Waals surface area contributed by atoms with Crippen LogP contribution in [0.3, 0.4) is 0 Å². The fraction of sp³-hybridized carbons (Fsp3) is 0.0175. The van der Waals surface area contributed by atoms with Crippen LogP contribution in [0, 0.1) is 0 Å². The van der Waals surface area contributed by atoms with Gasteiger partial charge in [0.25, 0.3) is 0 Å². The molecule has 0 aliphatic rings. The van der Waals surface area contributed by atoms with Crippen molar-refractivity contribution in [3.05, 3.63) is 224 Å². The van der Waals surface area contributed by atoms with Gasteiger partial charge in [-0.25, -0.2) is 15.0 Å². The van der Waals surface area contributed by atoms with Gasteiger partial charge in [0.05, 0.1) is 16.7 Å². The molecule has 12 aromatic rings. The highest BCUT2D eigenvalue weighted by atomic mass is 32.1. The van der Waals surface area contributed by atoms with Crippen molar-refractivity contribution in [2.45, 2.75) is 6.42 Å². The molecule has 4 heterocycles. The first-order valence-corrected chi connectivity index (χ1v) is 22.0. The zero-order chi connectivity index (χ0) is 41.7. The van der Waals surface area contributed by atoms with Gasteiger partial charge < -0.3 is 4.57 Å². The zero-order valence-electron chi connectivity index (χ0n) is 34.1. The number of para-hydroxylation sites is 2. The lowest BCUT2D eigenvalue weighted by atomic mass is 9.96. The third-order valence-electron chi connectivity index (χ3n) is 11.9. The Labute approximate surface area is 368 Å². The van der Waals surface area contributed by atoms with E-state index in [1.807, 2.05) is 53.9 Å². The van der Waals surface area contributed by atoms with Gasteiger partial charge in [0, 0.05) is 71.5 Å². The molecular formula is C57H37N5S. The Hall–Kier alpha value is -8.06. The maximum atomic E-state index is 5.30. The van der Waals surface area contributed by atoms with Gasteiger partial charge in [0.2, 0.25) is 0 Å². The molecule has 0 atom stereocenters. The maximum absolute atomic E-state index is 5.30. The first kappa shape index (κ1) is 36.8. The van der Waals surface area contributed by atoms with Crippen LogP contribution in [0.25, 0.3) is 104 Å². The van der Waals surface area contributed by atoms with Crippen molar-refractivity contribution in [2.75, 3.05) is 0 Å². The van der Waals surface area contributed by atoms with E-state index in [2.05, 4.69) is 174 Å². The van der Waals surface area contributed by atoms with E-state index in [1.165, 1.54) is 47.5 Å². The van der Waals surface area contributed by atoms with Gasteiger partial charge in [-0.2, -0.15) is 0 Å². The number of hydrogen-bond acceptors (Lipinski definition) is 5. The Morgan fingerprint density at radius 2 is 1.02 bits per heavy atom. The molecule has 0 saturated carbocycles. The Bertz CT molecular complexity index is 3580. The van der Waals surface area contributed by atoms with Gasteiger partial charge >= 0.3 is 0 Å². The van der Waals surface area contributed by atoms with E-state index in [9.17, 15) is 0 Å². The second-order valence-corrected chi connectivity index (χ2v) is 16.9. The molecule has 12 rings (SSSR count). The number of rotatable bonds is 8. The second kappa shape index (κ2) is 15.4. The number of fused-ring (bicyclic) bond motifs is 7. The number of thiophene rings is 1. The number of nitrogens with zero attached hydrogens (tertiary/aromatic N) is 5. The normalized spacial score (nSPS) is 11.6. The summed E-state index contributed by atoms with van der Waals surface area (Å²) in [5.74, 6) is 1.97. The summed E-state index contributed by atoms with van der Waals surface area (Å²) in [5.41, 5.74) is 12.9. The van der Waals surface area contributed by atoms with E-state index in [1.54, 1.807) is 0 Å². The van der Waals surface area contributed by atoms with E-state index in [-0.39, 0.29) is 0 Å². The summed E-state index contributed by atoms with van der Waals surface area (Å²) in [6.45, 7) is 0. The average molecular weight is 824 g/mol. The van der Waals surface area contributed by atoms with Gasteiger partial charge in [-0.1, -0.05) is 158 Å². The Morgan fingerprint density at radius 3 is 1.73 bits per heavy atom. The van der Waals surface area contributed by atoms with Gasteiger partial charge in [-0.3, -0.25) is 4.98 Å². The molecule has 4 aromatic heterocycles. The number of pyridine rings is 1. The molecule has 5 nitrogen and oxygen atoms in total. The van der Waals surface area contributed by atoms with Gasteiger partial charge in [-0.05, 0) is 70.8 Å². The highest BCUT2D eigenvalue weighted by Crippen LogP contribution is 2.44. The summed E-state index contributed by atoms with van der Waals surface area (Å²) in [4.78, 5) is 20.5. The lowest BCUT2D eigenvalue weighted by molar-refractivity contribution is 0.930. The topological polar surface area (TPSA) is 56.5 Å². The van der Waals surface area contributed by atoms with E-state index < -0.39 is 0 Å². The number of aromatic nitrogens is 5. The van der Waals surface area contributed by atoms with Crippen molar-refractivity contribution in [1.29, 1.82) is 0 Å². The number of hydrogen-bond donors (Lipinski definition) is 0. The monoisotopic (exact) mass is 823 g/mol. The lowest BCUT2D eigenvalue weighted by Gasteiger charge is -2.14. The standard InChI is InChI=1S/C57H37N5S/c1-5-16-37(17-6-1)40-22-15-23-41(32-40)44-33-43(35-52-59-56(38-18-7-2-8-19-38)61-57(60-52)39-20-9-3-10-21-39)55(58-36-44)42-28-29-47-51(34-42)63-50-31-30-49-53(54(47)50)46-26-13-14-27-48(46)62(49)45-24-11-4-12-25-45/h1-34,36H,35H2. The molecular weight excluding hydrogens is 787 g/mol. The maximum Gasteiger partial charge on any atom is 0.163 e. The fourth-order valence-electron chi connectivity index (χ4n) is 9.00. The molecule has 8 aromatic carbocycles. The fourth-order valence-corrected chi connectivity index (χ4v) is 10.2. The minimum Gasteiger partial charge on any atom is -0.309 e. The third kappa shape index (κ3) is 6.65. The highest BCUT2D eigenvalue weighted by Gasteiger charge is 2.20. The molecule has 0 radical (unpaired) electrons. The summed E-state index contributed by atoms with van der Waals surface area (Å²) in [6, 6.07) is 72.7. The van der Waals surface area contributed by atoms with Crippen molar-refractivity contribution in [3.63, 3.8) is 0 Å². The summed E-state index contributed by atoms with van der Waals surface area (Å²) in [6.07, 6.45) is 2.47. The summed E-state index contributed by atoms with van der Waals surface area (Å²) >= 11 is 1.84. The van der Waals surface area contributed by atoms with Crippen molar-refractivity contribution in [1.82, 2.24) is 24.5 Å². The van der Waals surface area contributed by atoms with E-state index in [0.717, 1.165) is 50.3 Å². The van der Waals surface area contributed by atoms with Gasteiger partial charge in [0.1, 0.15) is 5.82 Å². The van der Waals surface area contributed by atoms with Crippen LogP contribution in [-0.4, -0.2) is 24.5 Å². The molecule has 0 saturated heterocycles. The van der Waals surface area contributed by atoms with Crippen LogP contribution in [0.2, 0.25) is 0 Å². The molecule has 296 valence electrons. The largest absolute Gasteiger partial charge is 0.309 e. The molecule has 0 fully saturated rings. The summed E-state index contributed by atoms with van der Waals surface area (Å²) in [7, 11) is 0. The van der Waals surface area contributed by atoms with Crippen LogP contribution < -0.4 is 0 Å². The zero-order valence-corrected chi connectivity index (χ0v) is 34.9.